The molecule has 2 nitrogen and oxygen atoms in total. The van der Waals surface area contributed by atoms with Gasteiger partial charge in [-0.3, -0.25) is 0 Å². The van der Waals surface area contributed by atoms with E-state index in [9.17, 15) is 5.26 Å². The predicted molar refractivity (Wildman–Crippen MR) is 75.7 cm³/mol. The topological polar surface area (TPSA) is 35.8 Å². The Balaban J connectivity index is 2.13. The summed E-state index contributed by atoms with van der Waals surface area (Å²) < 4.78 is 0. The first-order valence-electron chi connectivity index (χ1n) is 6.40. The van der Waals surface area contributed by atoms with E-state index in [0.717, 1.165) is 31.4 Å². The second-order valence-corrected chi connectivity index (χ2v) is 6.43. The number of rotatable bonds is 2. The summed E-state index contributed by atoms with van der Waals surface area (Å²) in [6.45, 7) is 4.54. The van der Waals surface area contributed by atoms with Gasteiger partial charge in [-0.25, -0.2) is 0 Å². The zero-order valence-electron chi connectivity index (χ0n) is 11.0. The number of nitriles is 1. The molecule has 0 radical (unpaired) electrons. The standard InChI is InChI=1S/C15H19ClN2/c1-14(2)6-8-15(11-17,9-7-14)18-13-5-3-4-12(16)10-13/h3-5,10,18H,6-9H2,1-2H3. The minimum absolute atomic E-state index is 0.358. The molecule has 1 N–H and O–H groups in total. The third kappa shape index (κ3) is 2.97. The highest BCUT2D eigenvalue weighted by Gasteiger charge is 2.38. The number of anilines is 1. The number of nitrogens with zero attached hydrogens (tertiary/aromatic N) is 1. The molecule has 0 heterocycles. The lowest BCUT2D eigenvalue weighted by atomic mass is 9.70. The van der Waals surface area contributed by atoms with Gasteiger partial charge in [-0.2, -0.15) is 5.26 Å². The molecule has 0 bridgehead atoms. The fraction of sp³-hybridized carbons (Fsp3) is 0.533. The number of nitrogens with one attached hydrogen (secondary N) is 1. The molecule has 0 atom stereocenters. The summed E-state index contributed by atoms with van der Waals surface area (Å²) in [6.07, 6.45) is 3.94. The first kappa shape index (κ1) is 13.2. The third-order valence-corrected chi connectivity index (χ3v) is 4.11. The smallest absolute Gasteiger partial charge is 0.125 e. The van der Waals surface area contributed by atoms with Gasteiger partial charge in [0.25, 0.3) is 0 Å². The van der Waals surface area contributed by atoms with Crippen LogP contribution in [0, 0.1) is 16.7 Å². The summed E-state index contributed by atoms with van der Waals surface area (Å²) >= 11 is 5.97. The van der Waals surface area contributed by atoms with Gasteiger partial charge in [0.2, 0.25) is 0 Å². The monoisotopic (exact) mass is 262 g/mol. The molecule has 0 aliphatic heterocycles. The first-order valence-corrected chi connectivity index (χ1v) is 6.78. The maximum atomic E-state index is 9.50. The highest BCUT2D eigenvalue weighted by Crippen LogP contribution is 2.41. The predicted octanol–water partition coefficient (Wildman–Crippen LogP) is 4.61. The normalized spacial score (nSPS) is 21.0. The van der Waals surface area contributed by atoms with Crippen molar-refractivity contribution in [2.24, 2.45) is 5.41 Å². The van der Waals surface area contributed by atoms with Crippen LogP contribution in [0.5, 0.6) is 0 Å². The van der Waals surface area contributed by atoms with Gasteiger partial charge in [0, 0.05) is 10.7 Å². The molecule has 3 heteroatoms. The second-order valence-electron chi connectivity index (χ2n) is 5.99. The van der Waals surface area contributed by atoms with Crippen molar-refractivity contribution in [3.8, 4) is 6.07 Å². The minimum atomic E-state index is -0.430. The van der Waals surface area contributed by atoms with Gasteiger partial charge in [0.15, 0.2) is 0 Å². The molecule has 2 rings (SSSR count). The summed E-state index contributed by atoms with van der Waals surface area (Å²) in [5, 5.41) is 13.6. The number of hydrogen-bond acceptors (Lipinski definition) is 2. The van der Waals surface area contributed by atoms with Crippen molar-refractivity contribution in [1.29, 1.82) is 5.26 Å². The molecule has 0 saturated heterocycles. The summed E-state index contributed by atoms with van der Waals surface area (Å²) in [4.78, 5) is 0. The van der Waals surface area contributed by atoms with Gasteiger partial charge in [-0.1, -0.05) is 31.5 Å². The van der Waals surface area contributed by atoms with Crippen molar-refractivity contribution in [3.63, 3.8) is 0 Å². The van der Waals surface area contributed by atoms with Crippen molar-refractivity contribution in [2.45, 2.75) is 45.1 Å². The van der Waals surface area contributed by atoms with Crippen LogP contribution in [0.15, 0.2) is 24.3 Å². The van der Waals surface area contributed by atoms with E-state index in [1.54, 1.807) is 0 Å². The van der Waals surface area contributed by atoms with Crippen molar-refractivity contribution < 1.29 is 0 Å². The lowest BCUT2D eigenvalue weighted by Crippen LogP contribution is -2.42. The highest BCUT2D eigenvalue weighted by molar-refractivity contribution is 6.30. The molecule has 1 aliphatic carbocycles. The molecular weight excluding hydrogens is 244 g/mol. The number of benzene rings is 1. The summed E-state index contributed by atoms with van der Waals surface area (Å²) in [7, 11) is 0. The fourth-order valence-electron chi connectivity index (χ4n) is 2.46. The van der Waals surface area contributed by atoms with Crippen LogP contribution in [-0.2, 0) is 0 Å². The minimum Gasteiger partial charge on any atom is -0.367 e. The average molecular weight is 263 g/mol. The number of halogens is 1. The van der Waals surface area contributed by atoms with Crippen LogP contribution in [0.25, 0.3) is 0 Å². The SMILES string of the molecule is CC1(C)CCC(C#N)(Nc2cccc(Cl)c2)CC1. The van der Waals surface area contributed by atoms with E-state index in [1.165, 1.54) is 0 Å². The summed E-state index contributed by atoms with van der Waals surface area (Å²) in [5.41, 5.74) is 0.861. The molecule has 0 amide bonds. The molecule has 96 valence electrons. The van der Waals surface area contributed by atoms with E-state index < -0.39 is 5.54 Å². The Hall–Kier alpha value is -1.20. The Kier molecular flexibility index (Phi) is 3.54. The van der Waals surface area contributed by atoms with E-state index in [1.807, 2.05) is 24.3 Å². The molecule has 0 aromatic heterocycles. The second kappa shape index (κ2) is 4.82. The Labute approximate surface area is 114 Å². The van der Waals surface area contributed by atoms with E-state index in [4.69, 9.17) is 11.6 Å². The fourth-order valence-corrected chi connectivity index (χ4v) is 2.65. The lowest BCUT2D eigenvalue weighted by Gasteiger charge is -2.40. The van der Waals surface area contributed by atoms with Gasteiger partial charge in [0.1, 0.15) is 5.54 Å². The maximum absolute atomic E-state index is 9.50. The van der Waals surface area contributed by atoms with Crippen LogP contribution in [0.4, 0.5) is 5.69 Å². The van der Waals surface area contributed by atoms with Gasteiger partial charge in [-0.05, 0) is 49.3 Å². The van der Waals surface area contributed by atoms with Crippen LogP contribution >= 0.6 is 11.6 Å². The molecule has 0 spiro atoms. The summed E-state index contributed by atoms with van der Waals surface area (Å²) in [6, 6.07) is 10.1. The van der Waals surface area contributed by atoms with Gasteiger partial charge < -0.3 is 5.32 Å². The van der Waals surface area contributed by atoms with Crippen LogP contribution in [0.2, 0.25) is 5.02 Å². The molecule has 1 aromatic rings. The van der Waals surface area contributed by atoms with E-state index in [2.05, 4.69) is 25.2 Å². The molecular formula is C15H19ClN2. The Morgan fingerprint density at radius 2 is 1.89 bits per heavy atom. The zero-order chi connectivity index (χ0) is 13.2. The maximum Gasteiger partial charge on any atom is 0.125 e. The molecule has 0 unspecified atom stereocenters. The van der Waals surface area contributed by atoms with Crippen LogP contribution in [-0.4, -0.2) is 5.54 Å². The molecule has 1 fully saturated rings. The Morgan fingerprint density at radius 3 is 2.44 bits per heavy atom. The van der Waals surface area contributed by atoms with Crippen molar-refractivity contribution in [3.05, 3.63) is 29.3 Å². The third-order valence-electron chi connectivity index (χ3n) is 3.88. The van der Waals surface area contributed by atoms with Gasteiger partial charge >= 0.3 is 0 Å². The van der Waals surface area contributed by atoms with E-state index >= 15 is 0 Å². The van der Waals surface area contributed by atoms with Crippen molar-refractivity contribution in [2.75, 3.05) is 5.32 Å². The quantitative estimate of drug-likeness (QED) is 0.845. The summed E-state index contributed by atoms with van der Waals surface area (Å²) in [5.74, 6) is 0. The van der Waals surface area contributed by atoms with Crippen LogP contribution in [0.1, 0.15) is 39.5 Å². The Bertz CT molecular complexity index is 464. The lowest BCUT2D eigenvalue weighted by molar-refractivity contribution is 0.206. The molecule has 1 aromatic carbocycles. The Morgan fingerprint density at radius 1 is 1.22 bits per heavy atom. The van der Waals surface area contributed by atoms with Gasteiger partial charge in [-0.15, -0.1) is 0 Å². The van der Waals surface area contributed by atoms with Crippen LogP contribution in [0.3, 0.4) is 0 Å². The average Bonchev–Trinajstić information content (AvgIpc) is 2.33. The van der Waals surface area contributed by atoms with Gasteiger partial charge in [0.05, 0.1) is 6.07 Å². The van der Waals surface area contributed by atoms with Crippen molar-refractivity contribution >= 4 is 17.3 Å². The highest BCUT2D eigenvalue weighted by atomic mass is 35.5. The largest absolute Gasteiger partial charge is 0.367 e. The van der Waals surface area contributed by atoms with E-state index in [-0.39, 0.29) is 0 Å². The molecule has 1 saturated carbocycles. The molecule has 18 heavy (non-hydrogen) atoms. The molecule has 1 aliphatic rings. The van der Waals surface area contributed by atoms with Crippen LogP contribution < -0.4 is 5.32 Å². The van der Waals surface area contributed by atoms with E-state index in [0.29, 0.717) is 10.4 Å². The zero-order valence-corrected chi connectivity index (χ0v) is 11.7. The number of hydrogen-bond donors (Lipinski definition) is 1. The van der Waals surface area contributed by atoms with Crippen molar-refractivity contribution in [1.82, 2.24) is 0 Å². The first-order chi connectivity index (χ1) is 8.45.